The molecule has 7 heteroatoms. The van der Waals surface area contributed by atoms with E-state index in [1.165, 1.54) is 0 Å². The number of carboxylic acid groups (broad SMARTS) is 1. The normalized spacial score (nSPS) is 12.3. The topological polar surface area (TPSA) is 73.7 Å². The second kappa shape index (κ2) is 6.75. The number of halogens is 2. The summed E-state index contributed by atoms with van der Waals surface area (Å²) in [6.45, 7) is 0. The predicted octanol–water partition coefficient (Wildman–Crippen LogP) is -0.415. The summed E-state index contributed by atoms with van der Waals surface area (Å²) in [7, 11) is 3.28. The number of benzene rings is 1. The maximum Gasteiger partial charge on any atom is 0.230 e. The zero-order valence-corrected chi connectivity index (χ0v) is 12.0. The molecule has 1 aromatic rings. The molecule has 0 fully saturated rings. The highest BCUT2D eigenvalue weighted by Crippen LogP contribution is 2.29. The summed E-state index contributed by atoms with van der Waals surface area (Å²) in [5.74, 6) is -1.73. The van der Waals surface area contributed by atoms with Gasteiger partial charge in [0.1, 0.15) is 6.04 Å². The highest BCUT2D eigenvalue weighted by atomic mass is 35.5. The van der Waals surface area contributed by atoms with Gasteiger partial charge in [0, 0.05) is 0 Å². The van der Waals surface area contributed by atoms with Crippen molar-refractivity contribution in [3.05, 3.63) is 28.2 Å². The second-order valence-electron chi connectivity index (χ2n) is 4.30. The maximum absolute atomic E-state index is 11.8. The van der Waals surface area contributed by atoms with Crippen molar-refractivity contribution in [3.63, 3.8) is 0 Å². The fourth-order valence-electron chi connectivity index (χ4n) is 1.51. The zero-order chi connectivity index (χ0) is 14.6. The predicted molar refractivity (Wildman–Crippen MR) is 71.3 cm³/mol. The van der Waals surface area contributed by atoms with Crippen molar-refractivity contribution < 1.29 is 19.6 Å². The number of amides is 1. The molecule has 0 spiro atoms. The Labute approximate surface area is 121 Å². The van der Waals surface area contributed by atoms with E-state index in [0.717, 1.165) is 0 Å². The molecule has 1 rings (SSSR count). The van der Waals surface area contributed by atoms with Crippen LogP contribution in [0, 0.1) is 0 Å². The number of likely N-dealkylation sites (N-methyl/N-ethyl adjacent to an activating group) is 1. The molecular weight excluding hydrogens is 291 g/mol. The number of carbonyl (C=O) groups excluding carboxylic acids is 2. The summed E-state index contributed by atoms with van der Waals surface area (Å²) in [6.07, 6.45) is -0.201. The first-order valence-corrected chi connectivity index (χ1v) is 6.33. The van der Waals surface area contributed by atoms with Gasteiger partial charge < -0.3 is 20.1 Å². The van der Waals surface area contributed by atoms with Crippen molar-refractivity contribution in [1.82, 2.24) is 0 Å². The van der Waals surface area contributed by atoms with Crippen molar-refractivity contribution >= 4 is 40.8 Å². The van der Waals surface area contributed by atoms with Gasteiger partial charge in [0.25, 0.3) is 0 Å². The van der Waals surface area contributed by atoms with Crippen LogP contribution >= 0.6 is 23.2 Å². The van der Waals surface area contributed by atoms with Gasteiger partial charge in [-0.2, -0.15) is 0 Å². The van der Waals surface area contributed by atoms with Crippen molar-refractivity contribution in [2.45, 2.75) is 12.5 Å². The molecule has 0 saturated heterocycles. The van der Waals surface area contributed by atoms with E-state index in [0.29, 0.717) is 15.6 Å². The van der Waals surface area contributed by atoms with Gasteiger partial charge in [-0.1, -0.05) is 29.3 Å². The third-order valence-corrected chi connectivity index (χ3v) is 3.42. The van der Waals surface area contributed by atoms with Crippen LogP contribution in [0.5, 0.6) is 0 Å². The van der Waals surface area contributed by atoms with Crippen LogP contribution in [0.25, 0.3) is 0 Å². The van der Waals surface area contributed by atoms with Gasteiger partial charge in [-0.25, -0.2) is 0 Å². The van der Waals surface area contributed by atoms with E-state index in [2.05, 4.69) is 5.32 Å². The van der Waals surface area contributed by atoms with Crippen LogP contribution in [0.3, 0.4) is 0 Å². The summed E-state index contributed by atoms with van der Waals surface area (Å²) >= 11 is 11.7. The summed E-state index contributed by atoms with van der Waals surface area (Å²) < 4.78 is 0. The summed E-state index contributed by atoms with van der Waals surface area (Å²) in [6, 6.07) is 3.89. The van der Waals surface area contributed by atoms with E-state index >= 15 is 0 Å². The van der Waals surface area contributed by atoms with Gasteiger partial charge in [0.05, 0.1) is 42.2 Å². The molecule has 19 heavy (non-hydrogen) atoms. The van der Waals surface area contributed by atoms with Crippen LogP contribution in [-0.2, 0) is 9.59 Å². The molecule has 104 valence electrons. The number of rotatable bonds is 5. The Kier molecular flexibility index (Phi) is 5.60. The number of carbonyl (C=O) groups is 2. The second-order valence-corrected chi connectivity index (χ2v) is 5.09. The van der Waals surface area contributed by atoms with Crippen molar-refractivity contribution in [1.29, 1.82) is 0 Å². The van der Waals surface area contributed by atoms with Crippen LogP contribution in [0.2, 0.25) is 10.0 Å². The summed E-state index contributed by atoms with van der Waals surface area (Å²) in [4.78, 5) is 23.3. The van der Waals surface area contributed by atoms with Gasteiger partial charge in [0.15, 0.2) is 0 Å². The smallest absolute Gasteiger partial charge is 0.230 e. The van der Waals surface area contributed by atoms with Gasteiger partial charge in [0.2, 0.25) is 5.91 Å². The third-order valence-electron chi connectivity index (χ3n) is 2.60. The molecule has 0 heterocycles. The number of hydrogen-bond donors (Lipinski definition) is 2. The van der Waals surface area contributed by atoms with E-state index < -0.39 is 17.9 Å². The fourth-order valence-corrected chi connectivity index (χ4v) is 1.86. The number of aliphatic carboxylic acids is 1. The first-order chi connectivity index (χ1) is 8.82. The van der Waals surface area contributed by atoms with E-state index in [1.54, 1.807) is 32.3 Å². The molecule has 5 nitrogen and oxygen atoms in total. The van der Waals surface area contributed by atoms with Crippen LogP contribution in [0.1, 0.15) is 6.42 Å². The molecule has 0 aliphatic rings. The lowest BCUT2D eigenvalue weighted by Crippen LogP contribution is -3.12. The Morgan fingerprint density at radius 3 is 2.53 bits per heavy atom. The molecule has 0 saturated carbocycles. The van der Waals surface area contributed by atoms with E-state index in [4.69, 9.17) is 23.2 Å². The fraction of sp³-hybridized carbons (Fsp3) is 0.333. The SMILES string of the molecule is C[NH+](C)[C@@H](CC(=O)Nc1cccc(Cl)c1Cl)C(=O)[O-]. The lowest BCUT2D eigenvalue weighted by molar-refractivity contribution is -0.878. The average molecular weight is 305 g/mol. The van der Waals surface area contributed by atoms with E-state index in [9.17, 15) is 14.7 Å². The van der Waals surface area contributed by atoms with Gasteiger partial charge in [-0.05, 0) is 12.1 Å². The van der Waals surface area contributed by atoms with Gasteiger partial charge >= 0.3 is 0 Å². The summed E-state index contributed by atoms with van der Waals surface area (Å²) in [5.41, 5.74) is 0.352. The Morgan fingerprint density at radius 1 is 1.37 bits per heavy atom. The largest absolute Gasteiger partial charge is 0.544 e. The number of nitrogens with one attached hydrogen (secondary N) is 2. The van der Waals surface area contributed by atoms with Crippen LogP contribution in [0.4, 0.5) is 5.69 Å². The number of anilines is 1. The van der Waals surface area contributed by atoms with Crippen molar-refractivity contribution in [2.75, 3.05) is 19.4 Å². The molecule has 0 bridgehead atoms. The quantitative estimate of drug-likeness (QED) is 0.776. The van der Waals surface area contributed by atoms with Crippen LogP contribution < -0.4 is 15.3 Å². The maximum atomic E-state index is 11.8. The molecule has 1 aromatic carbocycles. The Bertz CT molecular complexity index is 492. The van der Waals surface area contributed by atoms with Crippen molar-refractivity contribution in [2.24, 2.45) is 0 Å². The van der Waals surface area contributed by atoms with Crippen molar-refractivity contribution in [3.8, 4) is 0 Å². The molecular formula is C12H14Cl2N2O3. The number of carboxylic acids is 1. The van der Waals surface area contributed by atoms with E-state index in [-0.39, 0.29) is 11.4 Å². The Morgan fingerprint density at radius 2 is 2.00 bits per heavy atom. The molecule has 1 amide bonds. The molecule has 0 aliphatic heterocycles. The molecule has 0 radical (unpaired) electrons. The highest BCUT2D eigenvalue weighted by Gasteiger charge is 2.21. The molecule has 0 unspecified atom stereocenters. The Hall–Kier alpha value is -1.30. The number of hydrogen-bond acceptors (Lipinski definition) is 3. The van der Waals surface area contributed by atoms with Gasteiger partial charge in [-0.3, -0.25) is 4.79 Å². The molecule has 0 aromatic heterocycles. The first-order valence-electron chi connectivity index (χ1n) is 5.57. The highest BCUT2D eigenvalue weighted by molar-refractivity contribution is 6.43. The number of quaternary nitrogens is 1. The Balaban J connectivity index is 2.75. The van der Waals surface area contributed by atoms with E-state index in [1.807, 2.05) is 0 Å². The monoisotopic (exact) mass is 304 g/mol. The zero-order valence-electron chi connectivity index (χ0n) is 10.5. The minimum absolute atomic E-state index is 0.201. The molecule has 0 aliphatic carbocycles. The van der Waals surface area contributed by atoms with Crippen LogP contribution in [-0.4, -0.2) is 32.0 Å². The minimum atomic E-state index is -1.27. The van der Waals surface area contributed by atoms with Gasteiger partial charge in [-0.15, -0.1) is 0 Å². The standard InChI is InChI=1S/C12H14Cl2N2O3/c1-16(2)9(12(18)19)6-10(17)15-8-5-3-4-7(13)11(8)14/h3-5,9H,6H2,1-2H3,(H,15,17)(H,18,19)/t9-/m0/s1. The third kappa shape index (κ3) is 4.38. The lowest BCUT2D eigenvalue weighted by atomic mass is 10.2. The summed E-state index contributed by atoms with van der Waals surface area (Å²) in [5, 5.41) is 14.0. The first kappa shape index (κ1) is 15.8. The molecule has 1 atom stereocenters. The lowest BCUT2D eigenvalue weighted by Gasteiger charge is -2.21. The molecule has 2 N–H and O–H groups in total. The average Bonchev–Trinajstić information content (AvgIpc) is 2.31. The minimum Gasteiger partial charge on any atom is -0.544 e. The van der Waals surface area contributed by atoms with Crippen LogP contribution in [0.15, 0.2) is 18.2 Å².